The van der Waals surface area contributed by atoms with Gasteiger partial charge in [-0.1, -0.05) is 23.4 Å². The van der Waals surface area contributed by atoms with Crippen LogP contribution in [0.1, 0.15) is 17.3 Å². The normalized spacial score (nSPS) is 10.2. The van der Waals surface area contributed by atoms with E-state index in [1.54, 1.807) is 32.2 Å². The van der Waals surface area contributed by atoms with Gasteiger partial charge in [0.05, 0.1) is 24.2 Å². The van der Waals surface area contributed by atoms with Gasteiger partial charge < -0.3 is 9.47 Å². The quantitative estimate of drug-likeness (QED) is 0.749. The molecule has 5 heteroatoms. The zero-order valence-electron chi connectivity index (χ0n) is 11.8. The van der Waals surface area contributed by atoms with Crippen molar-refractivity contribution >= 4 is 29.3 Å². The van der Waals surface area contributed by atoms with E-state index in [-0.39, 0.29) is 5.97 Å². The van der Waals surface area contributed by atoms with Gasteiger partial charge in [-0.05, 0) is 49.4 Å². The van der Waals surface area contributed by atoms with Crippen LogP contribution in [0.25, 0.3) is 0 Å². The molecule has 0 aliphatic heterocycles. The van der Waals surface area contributed by atoms with Crippen LogP contribution < -0.4 is 4.74 Å². The molecule has 3 nitrogen and oxygen atoms in total. The van der Waals surface area contributed by atoms with E-state index in [1.165, 1.54) is 11.8 Å². The van der Waals surface area contributed by atoms with Gasteiger partial charge in [-0.3, -0.25) is 0 Å². The van der Waals surface area contributed by atoms with Gasteiger partial charge in [0.25, 0.3) is 0 Å². The molecule has 0 heterocycles. The Labute approximate surface area is 133 Å². The van der Waals surface area contributed by atoms with Crippen molar-refractivity contribution in [1.82, 2.24) is 0 Å². The third-order valence-corrected chi connectivity index (χ3v) is 4.00. The Morgan fingerprint density at radius 3 is 2.52 bits per heavy atom. The fourth-order valence-corrected chi connectivity index (χ4v) is 2.93. The first-order valence-corrected chi connectivity index (χ1v) is 7.62. The summed E-state index contributed by atoms with van der Waals surface area (Å²) in [6.07, 6.45) is 0. The van der Waals surface area contributed by atoms with E-state index in [0.717, 1.165) is 15.5 Å². The van der Waals surface area contributed by atoms with Crippen molar-refractivity contribution in [2.75, 3.05) is 13.7 Å². The summed E-state index contributed by atoms with van der Waals surface area (Å²) in [6, 6.07) is 12.7. The van der Waals surface area contributed by atoms with Gasteiger partial charge in [-0.2, -0.15) is 0 Å². The summed E-state index contributed by atoms with van der Waals surface area (Å²) in [6.45, 7) is 2.16. The Hall–Kier alpha value is -1.65. The van der Waals surface area contributed by atoms with Crippen molar-refractivity contribution < 1.29 is 14.3 Å². The molecule has 0 saturated heterocycles. The van der Waals surface area contributed by atoms with Crippen molar-refractivity contribution in [2.24, 2.45) is 0 Å². The van der Waals surface area contributed by atoms with E-state index >= 15 is 0 Å². The van der Waals surface area contributed by atoms with Crippen LogP contribution in [-0.2, 0) is 4.74 Å². The summed E-state index contributed by atoms with van der Waals surface area (Å²) in [5.41, 5.74) is 0.541. The van der Waals surface area contributed by atoms with Crippen molar-refractivity contribution in [1.29, 1.82) is 0 Å². The number of esters is 1. The molecule has 0 aliphatic carbocycles. The Morgan fingerprint density at radius 1 is 1.19 bits per heavy atom. The van der Waals surface area contributed by atoms with Crippen LogP contribution in [0.2, 0.25) is 5.02 Å². The number of rotatable bonds is 5. The minimum Gasteiger partial charge on any atom is -0.496 e. The number of methoxy groups -OCH3 is 1. The molecular weight excluding hydrogens is 308 g/mol. The van der Waals surface area contributed by atoms with Gasteiger partial charge >= 0.3 is 5.97 Å². The third kappa shape index (κ3) is 4.16. The number of hydrogen-bond donors (Lipinski definition) is 0. The monoisotopic (exact) mass is 322 g/mol. The molecule has 2 rings (SSSR count). The first-order chi connectivity index (χ1) is 10.1. The Morgan fingerprint density at radius 2 is 1.90 bits per heavy atom. The lowest BCUT2D eigenvalue weighted by molar-refractivity contribution is 0.0526. The Kier molecular flexibility index (Phi) is 5.53. The van der Waals surface area contributed by atoms with Gasteiger partial charge in [-0.25, -0.2) is 4.79 Å². The second-order valence-corrected chi connectivity index (χ2v) is 5.69. The highest BCUT2D eigenvalue weighted by atomic mass is 35.5. The molecule has 2 aromatic rings. The topological polar surface area (TPSA) is 35.5 Å². The van der Waals surface area contributed by atoms with E-state index in [4.69, 9.17) is 21.1 Å². The third-order valence-electron chi connectivity index (χ3n) is 2.72. The van der Waals surface area contributed by atoms with Crippen molar-refractivity contribution in [3.8, 4) is 5.75 Å². The van der Waals surface area contributed by atoms with Gasteiger partial charge in [-0.15, -0.1) is 0 Å². The second-order valence-electron chi connectivity index (χ2n) is 4.14. The predicted molar refractivity (Wildman–Crippen MR) is 84.5 cm³/mol. The molecule has 0 amide bonds. The molecule has 0 N–H and O–H groups in total. The van der Waals surface area contributed by atoms with Gasteiger partial charge in [0.15, 0.2) is 0 Å². The highest BCUT2D eigenvalue weighted by Crippen LogP contribution is 2.36. The minimum atomic E-state index is -0.311. The average molecular weight is 323 g/mol. The molecule has 0 aromatic heterocycles. The smallest absolute Gasteiger partial charge is 0.338 e. The molecule has 110 valence electrons. The van der Waals surface area contributed by atoms with Gasteiger partial charge in [0.1, 0.15) is 5.75 Å². The zero-order valence-corrected chi connectivity index (χ0v) is 13.3. The largest absolute Gasteiger partial charge is 0.496 e. The van der Waals surface area contributed by atoms with Crippen LogP contribution >= 0.6 is 23.4 Å². The lowest BCUT2D eigenvalue weighted by Gasteiger charge is -2.09. The summed E-state index contributed by atoms with van der Waals surface area (Å²) in [5, 5.41) is 0.654. The number of carbonyl (C=O) groups is 1. The number of hydrogen-bond acceptors (Lipinski definition) is 4. The second kappa shape index (κ2) is 7.38. The zero-order chi connectivity index (χ0) is 15.2. The number of carbonyl (C=O) groups excluding carboxylic acids is 1. The Balaban J connectivity index is 2.17. The van der Waals surface area contributed by atoms with Crippen LogP contribution in [0.4, 0.5) is 0 Å². The lowest BCUT2D eigenvalue weighted by Crippen LogP contribution is -2.03. The molecule has 0 fully saturated rings. The molecule has 0 radical (unpaired) electrons. The molecule has 21 heavy (non-hydrogen) atoms. The molecule has 0 aliphatic rings. The van der Waals surface area contributed by atoms with E-state index in [9.17, 15) is 4.79 Å². The number of benzene rings is 2. The molecule has 0 saturated carbocycles. The summed E-state index contributed by atoms with van der Waals surface area (Å²) >= 11 is 7.54. The fraction of sp³-hybridized carbons (Fsp3) is 0.188. The van der Waals surface area contributed by atoms with Crippen LogP contribution in [0.5, 0.6) is 5.75 Å². The number of halogens is 1. The summed E-state index contributed by atoms with van der Waals surface area (Å²) in [7, 11) is 1.62. The van der Waals surface area contributed by atoms with E-state index < -0.39 is 0 Å². The summed E-state index contributed by atoms with van der Waals surface area (Å²) in [5.74, 6) is 0.452. The minimum absolute atomic E-state index is 0.311. The van der Waals surface area contributed by atoms with Crippen LogP contribution in [-0.4, -0.2) is 19.7 Å². The molecule has 0 bridgehead atoms. The van der Waals surface area contributed by atoms with E-state index in [2.05, 4.69) is 0 Å². The van der Waals surface area contributed by atoms with E-state index in [1.807, 2.05) is 24.3 Å². The Bertz CT molecular complexity index is 626. The maximum atomic E-state index is 11.6. The molecule has 2 aromatic carbocycles. The highest BCUT2D eigenvalue weighted by molar-refractivity contribution is 7.99. The number of ether oxygens (including phenoxy) is 2. The average Bonchev–Trinajstić information content (AvgIpc) is 2.48. The SMILES string of the molecule is CCOC(=O)c1ccc(Sc2cc(Cl)ccc2OC)cc1. The fourth-order valence-electron chi connectivity index (χ4n) is 1.73. The van der Waals surface area contributed by atoms with Crippen LogP contribution in [0.3, 0.4) is 0 Å². The molecule has 0 unspecified atom stereocenters. The molecular formula is C16H15ClO3S. The maximum absolute atomic E-state index is 11.6. The first-order valence-electron chi connectivity index (χ1n) is 6.42. The highest BCUT2D eigenvalue weighted by Gasteiger charge is 2.09. The predicted octanol–water partition coefficient (Wildman–Crippen LogP) is 4.68. The van der Waals surface area contributed by atoms with Crippen LogP contribution in [0.15, 0.2) is 52.3 Å². The molecule has 0 atom stereocenters. The summed E-state index contributed by atoms with van der Waals surface area (Å²) in [4.78, 5) is 13.5. The van der Waals surface area contributed by atoms with Gasteiger partial charge in [0, 0.05) is 9.92 Å². The van der Waals surface area contributed by atoms with Crippen molar-refractivity contribution in [3.05, 3.63) is 53.1 Å². The van der Waals surface area contributed by atoms with Crippen molar-refractivity contribution in [2.45, 2.75) is 16.7 Å². The van der Waals surface area contributed by atoms with Crippen LogP contribution in [0, 0.1) is 0 Å². The van der Waals surface area contributed by atoms with E-state index in [0.29, 0.717) is 17.2 Å². The van der Waals surface area contributed by atoms with Gasteiger partial charge in [0.2, 0.25) is 0 Å². The van der Waals surface area contributed by atoms with Crippen molar-refractivity contribution in [3.63, 3.8) is 0 Å². The first kappa shape index (κ1) is 15.7. The standard InChI is InChI=1S/C16H15ClO3S/c1-3-20-16(18)11-4-7-13(8-5-11)21-15-10-12(17)6-9-14(15)19-2/h4-10H,3H2,1-2H3. The maximum Gasteiger partial charge on any atom is 0.338 e. The summed E-state index contributed by atoms with van der Waals surface area (Å²) < 4.78 is 10.3. The molecule has 0 spiro atoms. The lowest BCUT2D eigenvalue weighted by atomic mass is 10.2.